The van der Waals surface area contributed by atoms with Crippen LogP contribution < -0.4 is 10.1 Å². The molecule has 1 saturated heterocycles. The van der Waals surface area contributed by atoms with Crippen LogP contribution in [0.3, 0.4) is 0 Å². The molecule has 3 rings (SSSR count). The molecule has 0 radical (unpaired) electrons. The van der Waals surface area contributed by atoms with Gasteiger partial charge in [-0.05, 0) is 30.3 Å². The normalized spacial score (nSPS) is 15.4. The van der Waals surface area contributed by atoms with Crippen LogP contribution in [0.5, 0.6) is 5.75 Å². The van der Waals surface area contributed by atoms with Gasteiger partial charge in [0.25, 0.3) is 0 Å². The number of nitrogens with one attached hydrogen (secondary N) is 1. The van der Waals surface area contributed by atoms with Crippen LogP contribution in [-0.2, 0) is 6.18 Å². The van der Waals surface area contributed by atoms with E-state index in [-0.39, 0.29) is 11.8 Å². The van der Waals surface area contributed by atoms with Crippen molar-refractivity contribution in [1.29, 1.82) is 0 Å². The van der Waals surface area contributed by atoms with Gasteiger partial charge in [0.15, 0.2) is 0 Å². The maximum Gasteiger partial charge on any atom is 0.419 e. The van der Waals surface area contributed by atoms with Gasteiger partial charge in [0, 0.05) is 31.0 Å². The molecule has 1 aliphatic heterocycles. The van der Waals surface area contributed by atoms with Crippen LogP contribution in [-0.4, -0.2) is 30.1 Å². The standard InChI is InChI=1S/C19H17Cl2F3N2O2/c20-12-5-6-15(21)16(11-12)25-18(27)26-9-7-13(8-10-26)28-17-4-2-1-3-14(17)19(22,23)24/h1-6,11,13H,7-10H2,(H,25,27). The Morgan fingerprint density at radius 1 is 1.11 bits per heavy atom. The molecule has 9 heteroatoms. The van der Waals surface area contributed by atoms with Gasteiger partial charge in [0.2, 0.25) is 0 Å². The number of ether oxygens (including phenoxy) is 1. The highest BCUT2D eigenvalue weighted by molar-refractivity contribution is 6.35. The monoisotopic (exact) mass is 432 g/mol. The van der Waals surface area contributed by atoms with Crippen LogP contribution in [0.1, 0.15) is 18.4 Å². The van der Waals surface area contributed by atoms with Gasteiger partial charge in [-0.15, -0.1) is 0 Å². The number of carbonyl (C=O) groups is 1. The van der Waals surface area contributed by atoms with Crippen molar-refractivity contribution >= 4 is 34.9 Å². The van der Waals surface area contributed by atoms with Crippen LogP contribution in [0.2, 0.25) is 10.0 Å². The fourth-order valence-electron chi connectivity index (χ4n) is 2.95. The molecule has 1 aliphatic rings. The van der Waals surface area contributed by atoms with Gasteiger partial charge >= 0.3 is 12.2 Å². The summed E-state index contributed by atoms with van der Waals surface area (Å²) >= 11 is 11.9. The van der Waals surface area contributed by atoms with E-state index in [9.17, 15) is 18.0 Å². The molecule has 0 aromatic heterocycles. The summed E-state index contributed by atoms with van der Waals surface area (Å²) < 4.78 is 44.8. The lowest BCUT2D eigenvalue weighted by atomic mass is 10.1. The van der Waals surface area contributed by atoms with E-state index in [0.717, 1.165) is 6.07 Å². The molecule has 0 saturated carbocycles. The Morgan fingerprint density at radius 3 is 2.46 bits per heavy atom. The third-order valence-electron chi connectivity index (χ3n) is 4.39. The van der Waals surface area contributed by atoms with Crippen molar-refractivity contribution in [3.05, 3.63) is 58.1 Å². The minimum Gasteiger partial charge on any atom is -0.490 e. The summed E-state index contributed by atoms with van der Waals surface area (Å²) in [6.07, 6.45) is -4.04. The molecule has 1 heterocycles. The molecule has 0 spiro atoms. The largest absolute Gasteiger partial charge is 0.490 e. The van der Waals surface area contributed by atoms with Crippen LogP contribution >= 0.6 is 23.2 Å². The number of piperidine rings is 1. The lowest BCUT2D eigenvalue weighted by Crippen LogP contribution is -2.43. The number of para-hydroxylation sites is 1. The number of carbonyl (C=O) groups excluding carboxylic acids is 1. The minimum absolute atomic E-state index is 0.191. The lowest BCUT2D eigenvalue weighted by Gasteiger charge is -2.32. The molecule has 150 valence electrons. The van der Waals surface area contributed by atoms with E-state index in [4.69, 9.17) is 27.9 Å². The first-order valence-corrected chi connectivity index (χ1v) is 9.33. The van der Waals surface area contributed by atoms with Crippen LogP contribution in [0, 0.1) is 0 Å². The zero-order valence-corrected chi connectivity index (χ0v) is 16.1. The van der Waals surface area contributed by atoms with Crippen molar-refractivity contribution in [3.8, 4) is 5.75 Å². The Hall–Kier alpha value is -2.12. The van der Waals surface area contributed by atoms with E-state index in [1.165, 1.54) is 18.2 Å². The Balaban J connectivity index is 1.58. The SMILES string of the molecule is O=C(Nc1cc(Cl)ccc1Cl)N1CCC(Oc2ccccc2C(F)(F)F)CC1. The topological polar surface area (TPSA) is 41.6 Å². The number of nitrogens with zero attached hydrogens (tertiary/aromatic N) is 1. The van der Waals surface area contributed by atoms with E-state index in [1.807, 2.05) is 0 Å². The molecule has 0 aliphatic carbocycles. The molecule has 1 N–H and O–H groups in total. The fourth-order valence-corrected chi connectivity index (χ4v) is 3.28. The van der Waals surface area contributed by atoms with Gasteiger partial charge in [-0.2, -0.15) is 13.2 Å². The second-order valence-corrected chi connectivity index (χ2v) is 7.20. The Kier molecular flexibility index (Phi) is 6.25. The second-order valence-electron chi connectivity index (χ2n) is 6.35. The smallest absolute Gasteiger partial charge is 0.419 e. The minimum atomic E-state index is -4.48. The summed E-state index contributed by atoms with van der Waals surface area (Å²) in [6, 6.07) is 9.52. The van der Waals surface area contributed by atoms with Gasteiger partial charge < -0.3 is 15.0 Å². The van der Waals surface area contributed by atoms with Gasteiger partial charge in [-0.1, -0.05) is 35.3 Å². The van der Waals surface area contributed by atoms with Gasteiger partial charge in [-0.25, -0.2) is 4.79 Å². The third kappa shape index (κ3) is 5.02. The molecule has 28 heavy (non-hydrogen) atoms. The number of rotatable bonds is 3. The molecule has 4 nitrogen and oxygen atoms in total. The molecule has 1 fully saturated rings. The summed E-state index contributed by atoms with van der Waals surface area (Å²) in [6.45, 7) is 0.700. The van der Waals surface area contributed by atoms with Gasteiger partial charge in [-0.3, -0.25) is 0 Å². The number of amides is 2. The Morgan fingerprint density at radius 2 is 1.79 bits per heavy atom. The first kappa shape index (κ1) is 20.6. The second kappa shape index (κ2) is 8.49. The Labute approximate surface area is 170 Å². The highest BCUT2D eigenvalue weighted by Crippen LogP contribution is 2.37. The molecule has 2 aromatic carbocycles. The van der Waals surface area contributed by atoms with Crippen LogP contribution in [0.15, 0.2) is 42.5 Å². The molecular weight excluding hydrogens is 416 g/mol. The average molecular weight is 433 g/mol. The summed E-state index contributed by atoms with van der Waals surface area (Å²) in [5.41, 5.74) is -0.401. The summed E-state index contributed by atoms with van der Waals surface area (Å²) in [5, 5.41) is 3.50. The zero-order valence-electron chi connectivity index (χ0n) is 14.6. The molecule has 2 aromatic rings. The molecule has 0 bridgehead atoms. The molecule has 0 unspecified atom stereocenters. The van der Waals surface area contributed by atoms with E-state index < -0.39 is 17.8 Å². The van der Waals surface area contributed by atoms with Crippen molar-refractivity contribution in [2.45, 2.75) is 25.1 Å². The molecule has 0 atom stereocenters. The van der Waals surface area contributed by atoms with E-state index in [0.29, 0.717) is 41.7 Å². The summed E-state index contributed by atoms with van der Waals surface area (Å²) in [4.78, 5) is 14.0. The van der Waals surface area contributed by atoms with Gasteiger partial charge in [0.05, 0.1) is 16.3 Å². The maximum absolute atomic E-state index is 13.1. The van der Waals surface area contributed by atoms with Crippen LogP contribution in [0.25, 0.3) is 0 Å². The van der Waals surface area contributed by atoms with E-state index >= 15 is 0 Å². The number of likely N-dealkylation sites (tertiary alicyclic amines) is 1. The van der Waals surface area contributed by atoms with E-state index in [1.54, 1.807) is 23.1 Å². The molecule has 2 amide bonds. The number of urea groups is 1. The molecular formula is C19H17Cl2F3N2O2. The van der Waals surface area contributed by atoms with Crippen molar-refractivity contribution in [1.82, 2.24) is 4.90 Å². The van der Waals surface area contributed by atoms with Crippen molar-refractivity contribution in [3.63, 3.8) is 0 Å². The Bertz CT molecular complexity index is 853. The highest BCUT2D eigenvalue weighted by atomic mass is 35.5. The first-order valence-electron chi connectivity index (χ1n) is 8.58. The number of hydrogen-bond acceptors (Lipinski definition) is 2. The van der Waals surface area contributed by atoms with Crippen molar-refractivity contribution in [2.75, 3.05) is 18.4 Å². The van der Waals surface area contributed by atoms with Crippen molar-refractivity contribution < 1.29 is 22.7 Å². The number of halogens is 5. The highest BCUT2D eigenvalue weighted by Gasteiger charge is 2.35. The number of anilines is 1. The van der Waals surface area contributed by atoms with E-state index in [2.05, 4.69) is 5.32 Å². The predicted molar refractivity (Wildman–Crippen MR) is 102 cm³/mol. The summed E-state index contributed by atoms with van der Waals surface area (Å²) in [7, 11) is 0. The first-order chi connectivity index (χ1) is 13.2. The van der Waals surface area contributed by atoms with Crippen molar-refractivity contribution in [2.24, 2.45) is 0 Å². The number of alkyl halides is 3. The number of hydrogen-bond donors (Lipinski definition) is 1. The lowest BCUT2D eigenvalue weighted by molar-refractivity contribution is -0.139. The summed E-state index contributed by atoms with van der Waals surface area (Å²) in [5.74, 6) is -0.191. The average Bonchev–Trinajstić information content (AvgIpc) is 2.65. The quantitative estimate of drug-likeness (QED) is 0.637. The third-order valence-corrected chi connectivity index (χ3v) is 4.95. The van der Waals surface area contributed by atoms with Crippen LogP contribution in [0.4, 0.5) is 23.7 Å². The fraction of sp³-hybridized carbons (Fsp3) is 0.316. The predicted octanol–water partition coefficient (Wildman–Crippen LogP) is 6.09. The van der Waals surface area contributed by atoms with Gasteiger partial charge in [0.1, 0.15) is 11.9 Å². The maximum atomic E-state index is 13.1. The number of benzene rings is 2. The zero-order chi connectivity index (χ0) is 20.3.